The molecule has 0 aliphatic carbocycles. The van der Waals surface area contributed by atoms with Crippen LogP contribution in [0.25, 0.3) is 0 Å². The minimum absolute atomic E-state index is 0.133. The van der Waals surface area contributed by atoms with Gasteiger partial charge in [-0.2, -0.15) is 0 Å². The summed E-state index contributed by atoms with van der Waals surface area (Å²) in [6.07, 6.45) is 1.26. The van der Waals surface area contributed by atoms with Gasteiger partial charge in [-0.25, -0.2) is 0 Å². The van der Waals surface area contributed by atoms with Crippen molar-refractivity contribution in [1.82, 2.24) is 5.32 Å². The lowest BCUT2D eigenvalue weighted by molar-refractivity contribution is 0.149. The minimum Gasteiger partial charge on any atom is -0.489 e. The molecule has 1 N–H and O–H groups in total. The van der Waals surface area contributed by atoms with Gasteiger partial charge in [0.2, 0.25) is 0 Å². The summed E-state index contributed by atoms with van der Waals surface area (Å²) in [6, 6.07) is 5.37. The molecular weight excluding hydrogens is 269 g/mol. The molecule has 0 aromatic heterocycles. The molecule has 2 nitrogen and oxygen atoms in total. The van der Waals surface area contributed by atoms with Crippen LogP contribution in [0.15, 0.2) is 18.2 Å². The average Bonchev–Trinajstić information content (AvgIpc) is 2.32. The van der Waals surface area contributed by atoms with Gasteiger partial charge in [0, 0.05) is 12.6 Å². The maximum absolute atomic E-state index is 5.98. The lowest BCUT2D eigenvalue weighted by Gasteiger charge is -2.23. The van der Waals surface area contributed by atoms with Crippen LogP contribution in [0.3, 0.4) is 0 Å². The van der Waals surface area contributed by atoms with E-state index in [0.717, 1.165) is 25.3 Å². The zero-order valence-electron chi connectivity index (χ0n) is 11.2. The predicted octanol–water partition coefficient (Wildman–Crippen LogP) is 4.40. The quantitative estimate of drug-likeness (QED) is 0.752. The number of benzene rings is 1. The van der Waals surface area contributed by atoms with Gasteiger partial charge in [-0.1, -0.05) is 44.0 Å². The SMILES string of the molecule is CCCNCC(Oc1ccc(Cl)c(Cl)c1)C(C)C. The maximum Gasteiger partial charge on any atom is 0.121 e. The minimum atomic E-state index is 0.133. The Morgan fingerprint density at radius 3 is 2.50 bits per heavy atom. The summed E-state index contributed by atoms with van der Waals surface area (Å²) in [5.74, 6) is 1.20. The Balaban J connectivity index is 2.61. The van der Waals surface area contributed by atoms with Gasteiger partial charge in [-0.05, 0) is 31.0 Å². The van der Waals surface area contributed by atoms with Crippen LogP contribution in [0.5, 0.6) is 5.75 Å². The molecule has 102 valence electrons. The van der Waals surface area contributed by atoms with E-state index < -0.39 is 0 Å². The number of nitrogens with one attached hydrogen (secondary N) is 1. The molecule has 18 heavy (non-hydrogen) atoms. The Labute approximate surface area is 120 Å². The Morgan fingerprint density at radius 2 is 1.94 bits per heavy atom. The summed E-state index contributed by atoms with van der Waals surface area (Å²) in [4.78, 5) is 0. The summed E-state index contributed by atoms with van der Waals surface area (Å²) in [5, 5.41) is 4.45. The lowest BCUT2D eigenvalue weighted by Crippen LogP contribution is -2.35. The topological polar surface area (TPSA) is 21.3 Å². The molecule has 1 aromatic rings. The van der Waals surface area contributed by atoms with Crippen molar-refractivity contribution in [2.45, 2.75) is 33.3 Å². The van der Waals surface area contributed by atoms with Crippen molar-refractivity contribution in [2.24, 2.45) is 5.92 Å². The molecule has 0 amide bonds. The first-order valence-electron chi connectivity index (χ1n) is 6.37. The fourth-order valence-electron chi connectivity index (χ4n) is 1.56. The Kier molecular flexibility index (Phi) is 6.83. The second-order valence-electron chi connectivity index (χ2n) is 4.68. The van der Waals surface area contributed by atoms with Crippen LogP contribution in [0.1, 0.15) is 27.2 Å². The van der Waals surface area contributed by atoms with Gasteiger partial charge >= 0.3 is 0 Å². The van der Waals surface area contributed by atoms with Crippen LogP contribution in [0, 0.1) is 5.92 Å². The van der Waals surface area contributed by atoms with Crippen molar-refractivity contribution in [3.63, 3.8) is 0 Å². The molecular formula is C14H21Cl2NO. The fraction of sp³-hybridized carbons (Fsp3) is 0.571. The third kappa shape index (κ3) is 5.05. The van der Waals surface area contributed by atoms with E-state index in [0.29, 0.717) is 16.0 Å². The van der Waals surface area contributed by atoms with E-state index in [2.05, 4.69) is 26.1 Å². The maximum atomic E-state index is 5.98. The number of halogens is 2. The van der Waals surface area contributed by atoms with E-state index in [1.165, 1.54) is 0 Å². The average molecular weight is 290 g/mol. The van der Waals surface area contributed by atoms with Crippen LogP contribution in [-0.4, -0.2) is 19.2 Å². The molecule has 1 aromatic carbocycles. The Hall–Kier alpha value is -0.440. The molecule has 0 aliphatic rings. The van der Waals surface area contributed by atoms with Gasteiger partial charge in [0.1, 0.15) is 11.9 Å². The molecule has 0 saturated heterocycles. The molecule has 0 bridgehead atoms. The Bertz CT molecular complexity index is 369. The van der Waals surface area contributed by atoms with Crippen LogP contribution < -0.4 is 10.1 Å². The van der Waals surface area contributed by atoms with Crippen LogP contribution in [0.4, 0.5) is 0 Å². The van der Waals surface area contributed by atoms with Crippen molar-refractivity contribution in [3.05, 3.63) is 28.2 Å². The lowest BCUT2D eigenvalue weighted by atomic mass is 10.1. The highest BCUT2D eigenvalue weighted by molar-refractivity contribution is 6.42. The van der Waals surface area contributed by atoms with Crippen molar-refractivity contribution in [2.75, 3.05) is 13.1 Å². The van der Waals surface area contributed by atoms with E-state index in [-0.39, 0.29) is 6.10 Å². The highest BCUT2D eigenvalue weighted by Gasteiger charge is 2.15. The number of ether oxygens (including phenoxy) is 1. The van der Waals surface area contributed by atoms with Crippen molar-refractivity contribution in [3.8, 4) is 5.75 Å². The van der Waals surface area contributed by atoms with Crippen molar-refractivity contribution < 1.29 is 4.74 Å². The van der Waals surface area contributed by atoms with E-state index in [9.17, 15) is 0 Å². The standard InChI is InChI=1S/C14H21Cl2NO/c1-4-7-17-9-14(10(2)3)18-11-5-6-12(15)13(16)8-11/h5-6,8,10,14,17H,4,7,9H2,1-3H3. The number of hydrogen-bond acceptors (Lipinski definition) is 2. The monoisotopic (exact) mass is 289 g/mol. The molecule has 4 heteroatoms. The van der Waals surface area contributed by atoms with Gasteiger partial charge in [-0.15, -0.1) is 0 Å². The molecule has 0 aliphatic heterocycles. The smallest absolute Gasteiger partial charge is 0.121 e. The van der Waals surface area contributed by atoms with Gasteiger partial charge in [0.25, 0.3) is 0 Å². The van der Waals surface area contributed by atoms with Gasteiger partial charge in [0.15, 0.2) is 0 Å². The molecule has 0 fully saturated rings. The first kappa shape index (κ1) is 15.6. The van der Waals surface area contributed by atoms with Crippen LogP contribution in [-0.2, 0) is 0 Å². The van der Waals surface area contributed by atoms with Crippen molar-refractivity contribution in [1.29, 1.82) is 0 Å². The predicted molar refractivity (Wildman–Crippen MR) is 78.9 cm³/mol. The third-order valence-corrected chi connectivity index (χ3v) is 3.43. The molecule has 1 atom stereocenters. The van der Waals surface area contributed by atoms with E-state index in [1.807, 2.05) is 6.07 Å². The largest absolute Gasteiger partial charge is 0.489 e. The first-order chi connectivity index (χ1) is 8.54. The second-order valence-corrected chi connectivity index (χ2v) is 5.49. The zero-order valence-corrected chi connectivity index (χ0v) is 12.7. The van der Waals surface area contributed by atoms with E-state index in [1.54, 1.807) is 12.1 Å². The number of rotatable bonds is 7. The highest BCUT2D eigenvalue weighted by Crippen LogP contribution is 2.27. The fourth-order valence-corrected chi connectivity index (χ4v) is 1.85. The van der Waals surface area contributed by atoms with Crippen molar-refractivity contribution >= 4 is 23.2 Å². The molecule has 0 heterocycles. The zero-order chi connectivity index (χ0) is 13.5. The summed E-state index contributed by atoms with van der Waals surface area (Å²) in [7, 11) is 0. The van der Waals surface area contributed by atoms with E-state index in [4.69, 9.17) is 27.9 Å². The van der Waals surface area contributed by atoms with E-state index >= 15 is 0 Å². The van der Waals surface area contributed by atoms with Crippen LogP contribution >= 0.6 is 23.2 Å². The molecule has 1 unspecified atom stereocenters. The van der Waals surface area contributed by atoms with Gasteiger partial charge in [-0.3, -0.25) is 0 Å². The summed E-state index contributed by atoms with van der Waals surface area (Å²) in [5.41, 5.74) is 0. The molecule has 0 saturated carbocycles. The summed E-state index contributed by atoms with van der Waals surface area (Å²) < 4.78 is 5.95. The highest BCUT2D eigenvalue weighted by atomic mass is 35.5. The van der Waals surface area contributed by atoms with Crippen LogP contribution in [0.2, 0.25) is 10.0 Å². The molecule has 1 rings (SSSR count). The van der Waals surface area contributed by atoms with Gasteiger partial charge < -0.3 is 10.1 Å². The molecule has 0 spiro atoms. The summed E-state index contributed by atoms with van der Waals surface area (Å²) >= 11 is 11.9. The normalized spacial score (nSPS) is 12.8. The molecule has 0 radical (unpaired) electrons. The number of hydrogen-bond donors (Lipinski definition) is 1. The van der Waals surface area contributed by atoms with Gasteiger partial charge in [0.05, 0.1) is 10.0 Å². The second kappa shape index (κ2) is 7.88. The Morgan fingerprint density at radius 1 is 1.22 bits per heavy atom. The first-order valence-corrected chi connectivity index (χ1v) is 7.12. The summed E-state index contributed by atoms with van der Waals surface area (Å²) in [6.45, 7) is 8.29. The third-order valence-electron chi connectivity index (χ3n) is 2.69.